The van der Waals surface area contributed by atoms with Crippen molar-refractivity contribution in [3.8, 4) is 11.4 Å². The van der Waals surface area contributed by atoms with Crippen molar-refractivity contribution >= 4 is 29.6 Å². The number of urea groups is 1. The summed E-state index contributed by atoms with van der Waals surface area (Å²) in [5.74, 6) is 0.639. The molecule has 5 N–H and O–H groups in total. The van der Waals surface area contributed by atoms with E-state index in [1.165, 1.54) is 7.05 Å². The van der Waals surface area contributed by atoms with E-state index >= 15 is 0 Å². The van der Waals surface area contributed by atoms with Crippen LogP contribution >= 0.6 is 12.2 Å². The lowest BCUT2D eigenvalue weighted by molar-refractivity contribution is -0.0174. The number of aromatic nitrogens is 4. The molecule has 0 atom stereocenters. The molecule has 146 valence electrons. The number of hydrazine groups is 1. The third kappa shape index (κ3) is 4.96. The second kappa shape index (κ2) is 8.83. The van der Waals surface area contributed by atoms with Gasteiger partial charge in [0.25, 0.3) is 0 Å². The lowest BCUT2D eigenvalue weighted by Crippen LogP contribution is -2.38. The van der Waals surface area contributed by atoms with Gasteiger partial charge in [0, 0.05) is 12.7 Å². The number of tetrazole rings is 1. The van der Waals surface area contributed by atoms with Gasteiger partial charge in [-0.15, -0.1) is 0 Å². The molecule has 1 heterocycles. The van der Waals surface area contributed by atoms with Gasteiger partial charge in [0.05, 0.1) is 11.4 Å². The van der Waals surface area contributed by atoms with E-state index in [1.807, 2.05) is 24.3 Å². The standard InChI is InChI=1S/C16H18N8O3S/c1-23(26)15(25)19-18-11-5-7-14(8-6-11)27-10-17-12-3-2-4-13(9-12)24-16(28)20-21-22-24/h2-9,17-18,26H,10H2,1H3,(H,19,25)(H,20,22,28). The van der Waals surface area contributed by atoms with Crippen LogP contribution in [-0.2, 0) is 0 Å². The zero-order valence-corrected chi connectivity index (χ0v) is 15.6. The first-order chi connectivity index (χ1) is 13.5. The fourth-order valence-corrected chi connectivity index (χ4v) is 2.35. The van der Waals surface area contributed by atoms with Gasteiger partial charge >= 0.3 is 6.03 Å². The lowest BCUT2D eigenvalue weighted by Gasteiger charge is -2.13. The summed E-state index contributed by atoms with van der Waals surface area (Å²) in [6, 6.07) is 13.8. The Hall–Kier alpha value is -3.64. The number of hydrogen-bond acceptors (Lipinski definition) is 8. The van der Waals surface area contributed by atoms with E-state index < -0.39 is 6.03 Å². The van der Waals surface area contributed by atoms with Gasteiger partial charge in [-0.1, -0.05) is 16.4 Å². The number of nitrogens with one attached hydrogen (secondary N) is 4. The summed E-state index contributed by atoms with van der Waals surface area (Å²) in [6.45, 7) is 0.245. The van der Waals surface area contributed by atoms with Crippen LogP contribution in [-0.4, -0.2) is 50.3 Å². The molecule has 2 aromatic carbocycles. The van der Waals surface area contributed by atoms with Crippen LogP contribution < -0.4 is 20.9 Å². The highest BCUT2D eigenvalue weighted by molar-refractivity contribution is 7.71. The predicted molar refractivity (Wildman–Crippen MR) is 104 cm³/mol. The maximum atomic E-state index is 11.2. The molecule has 28 heavy (non-hydrogen) atoms. The Kier molecular flexibility index (Phi) is 6.04. The summed E-state index contributed by atoms with van der Waals surface area (Å²) in [5.41, 5.74) is 7.24. The van der Waals surface area contributed by atoms with Crippen LogP contribution in [0.4, 0.5) is 16.2 Å². The van der Waals surface area contributed by atoms with Crippen molar-refractivity contribution in [1.82, 2.24) is 30.7 Å². The molecule has 11 nitrogen and oxygen atoms in total. The summed E-state index contributed by atoms with van der Waals surface area (Å²) in [4.78, 5) is 11.2. The summed E-state index contributed by atoms with van der Waals surface area (Å²) in [7, 11) is 1.22. The number of ether oxygens (including phenoxy) is 1. The molecule has 12 heteroatoms. The number of benzene rings is 2. The molecule has 3 rings (SSSR count). The van der Waals surface area contributed by atoms with Gasteiger partial charge in [-0.25, -0.2) is 20.0 Å². The third-order valence-electron chi connectivity index (χ3n) is 3.55. The largest absolute Gasteiger partial charge is 0.473 e. The van der Waals surface area contributed by atoms with Crippen LogP contribution in [0.3, 0.4) is 0 Å². The molecule has 0 aliphatic carbocycles. The first-order valence-corrected chi connectivity index (χ1v) is 8.49. The average Bonchev–Trinajstić information content (AvgIpc) is 3.13. The van der Waals surface area contributed by atoms with Gasteiger partial charge in [-0.05, 0) is 54.7 Å². The van der Waals surface area contributed by atoms with Gasteiger partial charge < -0.3 is 10.1 Å². The van der Waals surface area contributed by atoms with Gasteiger partial charge in [0.15, 0.2) is 6.73 Å². The molecule has 0 saturated carbocycles. The number of rotatable bonds is 7. The zero-order chi connectivity index (χ0) is 19.9. The van der Waals surface area contributed by atoms with Crippen molar-refractivity contribution in [1.29, 1.82) is 0 Å². The van der Waals surface area contributed by atoms with Crippen LogP contribution in [0.5, 0.6) is 5.75 Å². The first-order valence-electron chi connectivity index (χ1n) is 8.09. The number of hydrogen-bond donors (Lipinski definition) is 5. The van der Waals surface area contributed by atoms with Crippen molar-refractivity contribution < 1.29 is 14.7 Å². The van der Waals surface area contributed by atoms with Crippen molar-refractivity contribution in [3.05, 3.63) is 53.3 Å². The number of nitrogens with zero attached hydrogens (tertiary/aromatic N) is 4. The van der Waals surface area contributed by atoms with Crippen molar-refractivity contribution in [2.45, 2.75) is 0 Å². The van der Waals surface area contributed by atoms with Crippen molar-refractivity contribution in [3.63, 3.8) is 0 Å². The molecule has 0 aliphatic heterocycles. The molecule has 2 amide bonds. The molecule has 0 radical (unpaired) electrons. The SMILES string of the molecule is CN(O)C(=O)NNc1ccc(OCNc2cccc(-n3[nH]nnc3=S)c2)cc1. The predicted octanol–water partition coefficient (Wildman–Crippen LogP) is 2.13. The number of hydroxylamine groups is 2. The highest BCUT2D eigenvalue weighted by atomic mass is 32.1. The molecular weight excluding hydrogens is 384 g/mol. The molecule has 1 aromatic heterocycles. The van der Waals surface area contributed by atoms with Gasteiger partial charge in [-0.2, -0.15) is 5.21 Å². The van der Waals surface area contributed by atoms with Crippen LogP contribution in [0.2, 0.25) is 0 Å². The third-order valence-corrected chi connectivity index (χ3v) is 3.82. The Balaban J connectivity index is 1.51. The van der Waals surface area contributed by atoms with Crippen LogP contribution in [0.15, 0.2) is 48.5 Å². The zero-order valence-electron chi connectivity index (χ0n) is 14.8. The minimum absolute atomic E-state index is 0.245. The number of anilines is 2. The first kappa shape index (κ1) is 19.1. The number of carbonyl (C=O) groups is 1. The minimum Gasteiger partial charge on any atom is -0.473 e. The monoisotopic (exact) mass is 402 g/mol. The van der Waals surface area contributed by atoms with E-state index in [9.17, 15) is 4.79 Å². The highest BCUT2D eigenvalue weighted by Gasteiger charge is 2.04. The summed E-state index contributed by atoms with van der Waals surface area (Å²) in [6.07, 6.45) is 0. The average molecular weight is 402 g/mol. The Morgan fingerprint density at radius 3 is 2.75 bits per heavy atom. The smallest absolute Gasteiger partial charge is 0.359 e. The number of amides is 2. The quantitative estimate of drug-likeness (QED) is 0.176. The van der Waals surface area contributed by atoms with Crippen LogP contribution in [0, 0.1) is 4.77 Å². The summed E-state index contributed by atoms with van der Waals surface area (Å²) in [5, 5.41) is 22.7. The van der Waals surface area contributed by atoms with E-state index in [0.717, 1.165) is 11.4 Å². The molecule has 0 bridgehead atoms. The topological polar surface area (TPSA) is 132 Å². The highest BCUT2D eigenvalue weighted by Crippen LogP contribution is 2.17. The Morgan fingerprint density at radius 1 is 1.29 bits per heavy atom. The fraction of sp³-hybridized carbons (Fsp3) is 0.125. The number of aromatic amines is 1. The molecule has 0 fully saturated rings. The lowest BCUT2D eigenvalue weighted by atomic mass is 10.3. The van der Waals surface area contributed by atoms with E-state index in [4.69, 9.17) is 22.2 Å². The van der Waals surface area contributed by atoms with Crippen LogP contribution in [0.1, 0.15) is 0 Å². The molecule has 0 spiro atoms. The second-order valence-corrected chi connectivity index (χ2v) is 5.90. The van der Waals surface area contributed by atoms with E-state index in [-0.39, 0.29) is 6.73 Å². The minimum atomic E-state index is -0.681. The van der Waals surface area contributed by atoms with Gasteiger partial charge in [0.1, 0.15) is 5.75 Å². The summed E-state index contributed by atoms with van der Waals surface area (Å²) < 4.78 is 7.57. The van der Waals surface area contributed by atoms with E-state index in [2.05, 4.69) is 31.7 Å². The van der Waals surface area contributed by atoms with E-state index in [1.54, 1.807) is 28.9 Å². The van der Waals surface area contributed by atoms with Gasteiger partial charge in [0.2, 0.25) is 4.77 Å². The maximum Gasteiger partial charge on any atom is 0.359 e. The fourth-order valence-electron chi connectivity index (χ4n) is 2.16. The Labute approximate surface area is 164 Å². The second-order valence-electron chi connectivity index (χ2n) is 5.54. The number of carbonyl (C=O) groups excluding carboxylic acids is 1. The molecular formula is C16H18N8O3S. The van der Waals surface area contributed by atoms with Crippen molar-refractivity contribution in [2.75, 3.05) is 24.5 Å². The Bertz CT molecular complexity index is 986. The molecule has 3 aromatic rings. The molecule has 0 unspecified atom stereocenters. The summed E-state index contributed by atoms with van der Waals surface area (Å²) >= 11 is 5.09. The molecule has 0 aliphatic rings. The van der Waals surface area contributed by atoms with Crippen molar-refractivity contribution in [2.24, 2.45) is 0 Å². The Morgan fingerprint density at radius 2 is 2.07 bits per heavy atom. The van der Waals surface area contributed by atoms with Crippen LogP contribution in [0.25, 0.3) is 5.69 Å². The number of H-pyrrole nitrogens is 1. The van der Waals surface area contributed by atoms with Gasteiger partial charge in [-0.3, -0.25) is 10.6 Å². The molecule has 0 saturated heterocycles. The van der Waals surface area contributed by atoms with E-state index in [0.29, 0.717) is 21.3 Å². The maximum absolute atomic E-state index is 11.2. The normalized spacial score (nSPS) is 10.2.